The van der Waals surface area contributed by atoms with Crippen LogP contribution in [0.3, 0.4) is 0 Å². The van der Waals surface area contributed by atoms with Crippen molar-refractivity contribution < 1.29 is 35.8 Å². The van der Waals surface area contributed by atoms with Gasteiger partial charge < -0.3 is 5.11 Å². The van der Waals surface area contributed by atoms with Crippen LogP contribution in [0.2, 0.25) is 0 Å². The number of nitrogens with one attached hydrogen (secondary N) is 1. The number of hydrazone groups is 1. The van der Waals surface area contributed by atoms with E-state index in [4.69, 9.17) is 0 Å². The number of halogens is 9. The molecule has 0 unspecified atom stereocenters. The van der Waals surface area contributed by atoms with Gasteiger partial charge in [0.25, 0.3) is 0 Å². The van der Waals surface area contributed by atoms with Gasteiger partial charge in [0.05, 0.1) is 14.3 Å². The zero-order valence-electron chi connectivity index (χ0n) is 10.0. The molecule has 0 bridgehead atoms. The molecular weight excluding hydrogens is 504 g/mol. The summed E-state index contributed by atoms with van der Waals surface area (Å²) in [5, 5.41) is 12.1. The van der Waals surface area contributed by atoms with Gasteiger partial charge in [-0.05, 0) is 56.2 Å². The highest BCUT2D eigenvalue weighted by atomic mass is 127. The number of benzene rings is 1. The highest BCUT2D eigenvalue weighted by Gasteiger charge is 2.73. The Balaban J connectivity index is 2.94. The Labute approximate surface area is 140 Å². The fourth-order valence-corrected chi connectivity index (χ4v) is 2.59. The van der Waals surface area contributed by atoms with E-state index in [1.54, 1.807) is 22.6 Å². The minimum atomic E-state index is -6.43. The van der Waals surface area contributed by atoms with Crippen LogP contribution in [0.1, 0.15) is 5.56 Å². The summed E-state index contributed by atoms with van der Waals surface area (Å²) >= 11 is 4.62. The summed E-state index contributed by atoms with van der Waals surface area (Å²) < 4.78 is 86.9. The van der Waals surface area contributed by atoms with Crippen LogP contribution in [0.15, 0.2) is 21.7 Å². The Morgan fingerprint density at radius 2 is 1.68 bits per heavy atom. The maximum atomic E-state index is 12.9. The molecule has 0 atom stereocenters. The molecule has 22 heavy (non-hydrogen) atoms. The Morgan fingerprint density at radius 3 is 2.14 bits per heavy atom. The fraction of sp³-hybridized carbons (Fsp3) is 0.300. The summed E-state index contributed by atoms with van der Waals surface area (Å²) in [6, 6.07) is -3.18. The lowest BCUT2D eigenvalue weighted by Crippen LogP contribution is -2.58. The molecule has 0 heterocycles. The van der Waals surface area contributed by atoms with Gasteiger partial charge in [-0.15, -0.1) is 0 Å². The molecule has 0 aliphatic heterocycles. The molecule has 0 aromatic heterocycles. The van der Waals surface area contributed by atoms with E-state index in [0.29, 0.717) is 11.6 Å². The van der Waals surface area contributed by atoms with E-state index in [9.17, 15) is 35.8 Å². The average molecular weight is 509 g/mol. The van der Waals surface area contributed by atoms with E-state index < -0.39 is 18.1 Å². The minimum absolute atomic E-state index is 0.0766. The van der Waals surface area contributed by atoms with E-state index in [-0.39, 0.29) is 19.4 Å². The number of hydrogen-bond donors (Lipinski definition) is 2. The Hall–Kier alpha value is -0.790. The van der Waals surface area contributed by atoms with E-state index in [0.717, 1.165) is 0 Å². The largest absolute Gasteiger partial charge is 0.506 e. The number of nitrogens with zero attached hydrogens (tertiary/aromatic N) is 1. The molecule has 12 heteroatoms. The van der Waals surface area contributed by atoms with Gasteiger partial charge in [0.15, 0.2) is 0 Å². The quantitative estimate of drug-likeness (QED) is 0.207. The maximum absolute atomic E-state index is 12.9. The second-order valence-electron chi connectivity index (χ2n) is 3.85. The van der Waals surface area contributed by atoms with E-state index >= 15 is 0 Å². The summed E-state index contributed by atoms with van der Waals surface area (Å²) in [5.74, 6) is -6.44. The van der Waals surface area contributed by atoms with Crippen molar-refractivity contribution in [1.82, 2.24) is 5.43 Å². The smallest absolute Gasteiger partial charge is 0.462 e. The van der Waals surface area contributed by atoms with Gasteiger partial charge in [-0.1, -0.05) is 0 Å². The second-order valence-corrected chi connectivity index (χ2v) is 5.87. The highest BCUT2D eigenvalue weighted by Crippen LogP contribution is 2.45. The standard InChI is InChI=1S/C10H5BrF7IN2O/c11-5-1-4(2-6(19)7(5)22)3-20-21-10(17,18)8(12,13)9(14,15)16/h1-3,21-22H/b20-3+. The first-order chi connectivity index (χ1) is 9.79. The van der Waals surface area contributed by atoms with Gasteiger partial charge in [-0.3, -0.25) is 0 Å². The molecular formula is C10H5BrF7IN2O. The van der Waals surface area contributed by atoms with Crippen molar-refractivity contribution in [2.45, 2.75) is 18.1 Å². The van der Waals surface area contributed by atoms with Gasteiger partial charge in [-0.2, -0.15) is 35.8 Å². The molecule has 0 saturated heterocycles. The summed E-state index contributed by atoms with van der Waals surface area (Å²) in [6.07, 6.45) is -5.83. The van der Waals surface area contributed by atoms with Crippen molar-refractivity contribution in [3.63, 3.8) is 0 Å². The van der Waals surface area contributed by atoms with Crippen LogP contribution < -0.4 is 5.43 Å². The monoisotopic (exact) mass is 508 g/mol. The number of alkyl halides is 7. The first-order valence-electron chi connectivity index (χ1n) is 5.10. The maximum Gasteiger partial charge on any atom is 0.462 e. The number of hydrogen-bond acceptors (Lipinski definition) is 3. The van der Waals surface area contributed by atoms with Gasteiger partial charge in [0, 0.05) is 0 Å². The normalized spacial score (nSPS) is 13.7. The Morgan fingerprint density at radius 1 is 1.14 bits per heavy atom. The average Bonchev–Trinajstić information content (AvgIpc) is 2.34. The third-order valence-corrected chi connectivity index (χ3v) is 3.63. The van der Waals surface area contributed by atoms with Gasteiger partial charge in [-0.25, -0.2) is 5.43 Å². The van der Waals surface area contributed by atoms with Crippen LogP contribution in [0.5, 0.6) is 5.75 Å². The lowest BCUT2D eigenvalue weighted by Gasteiger charge is -2.27. The zero-order valence-corrected chi connectivity index (χ0v) is 13.8. The molecule has 0 aliphatic rings. The molecule has 1 rings (SSSR count). The summed E-state index contributed by atoms with van der Waals surface area (Å²) in [6.45, 7) is 0. The predicted octanol–water partition coefficient (Wildman–Crippen LogP) is 4.47. The summed E-state index contributed by atoms with van der Waals surface area (Å²) in [7, 11) is 0. The van der Waals surface area contributed by atoms with Crippen LogP contribution in [0.25, 0.3) is 0 Å². The van der Waals surface area contributed by atoms with Crippen molar-refractivity contribution in [3.8, 4) is 5.75 Å². The van der Waals surface area contributed by atoms with E-state index in [2.05, 4.69) is 21.0 Å². The SMILES string of the molecule is Oc1c(Br)cc(/C=N/NC(F)(F)C(F)(F)C(F)(F)F)cc1I. The van der Waals surface area contributed by atoms with E-state index in [1.807, 2.05) is 0 Å². The van der Waals surface area contributed by atoms with Crippen LogP contribution in [0.4, 0.5) is 30.7 Å². The van der Waals surface area contributed by atoms with Crippen molar-refractivity contribution in [1.29, 1.82) is 0 Å². The molecule has 0 aliphatic carbocycles. The Kier molecular flexibility index (Phi) is 5.58. The van der Waals surface area contributed by atoms with Crippen LogP contribution in [-0.2, 0) is 0 Å². The van der Waals surface area contributed by atoms with Crippen LogP contribution in [-0.4, -0.2) is 29.5 Å². The molecule has 0 amide bonds. The molecule has 0 spiro atoms. The zero-order chi connectivity index (χ0) is 17.3. The fourth-order valence-electron chi connectivity index (χ4n) is 1.10. The first-order valence-corrected chi connectivity index (χ1v) is 6.97. The number of phenols is 1. The van der Waals surface area contributed by atoms with Crippen molar-refractivity contribution >= 4 is 44.7 Å². The number of phenolic OH excluding ortho intramolecular Hbond substituents is 1. The molecule has 0 radical (unpaired) electrons. The third kappa shape index (κ3) is 3.94. The molecule has 1 aromatic carbocycles. The van der Waals surface area contributed by atoms with Crippen LogP contribution in [0, 0.1) is 3.57 Å². The molecule has 0 saturated carbocycles. The summed E-state index contributed by atoms with van der Waals surface area (Å²) in [5.41, 5.74) is 0.570. The van der Waals surface area contributed by atoms with Crippen molar-refractivity contribution in [2.75, 3.05) is 0 Å². The van der Waals surface area contributed by atoms with Gasteiger partial charge in [0.1, 0.15) is 5.75 Å². The molecule has 0 fully saturated rings. The molecule has 2 N–H and O–H groups in total. The first kappa shape index (κ1) is 19.3. The minimum Gasteiger partial charge on any atom is -0.506 e. The van der Waals surface area contributed by atoms with E-state index in [1.165, 1.54) is 12.1 Å². The lowest BCUT2D eigenvalue weighted by molar-refractivity contribution is -0.361. The highest BCUT2D eigenvalue weighted by molar-refractivity contribution is 14.1. The molecule has 3 nitrogen and oxygen atoms in total. The van der Waals surface area contributed by atoms with Gasteiger partial charge >= 0.3 is 18.1 Å². The van der Waals surface area contributed by atoms with Gasteiger partial charge in [0.2, 0.25) is 0 Å². The topological polar surface area (TPSA) is 44.6 Å². The summed E-state index contributed by atoms with van der Waals surface area (Å²) in [4.78, 5) is 0. The van der Waals surface area contributed by atoms with Crippen molar-refractivity contribution in [3.05, 3.63) is 25.7 Å². The molecule has 1 aromatic rings. The Bertz CT molecular complexity index is 568. The van der Waals surface area contributed by atoms with Crippen LogP contribution >= 0.6 is 38.5 Å². The predicted molar refractivity (Wildman–Crippen MR) is 75.2 cm³/mol. The number of aromatic hydroxyl groups is 1. The lowest BCUT2D eigenvalue weighted by atomic mass is 10.2. The third-order valence-electron chi connectivity index (χ3n) is 2.21. The number of rotatable bonds is 4. The molecule has 124 valence electrons. The van der Waals surface area contributed by atoms with Crippen molar-refractivity contribution in [2.24, 2.45) is 5.10 Å². The second kappa shape index (κ2) is 6.37.